The molecule has 1 fully saturated rings. The second-order valence-electron chi connectivity index (χ2n) is 5.66. The van der Waals surface area contributed by atoms with Crippen LogP contribution >= 0.6 is 0 Å². The average Bonchev–Trinajstić information content (AvgIpc) is 2.54. The number of nitrogens with zero attached hydrogens (tertiary/aromatic N) is 1. The number of pyridine rings is 1. The molecule has 0 atom stereocenters. The quantitative estimate of drug-likeness (QED) is 0.824. The molecule has 21 heavy (non-hydrogen) atoms. The Hall–Kier alpha value is -1.81. The summed E-state index contributed by atoms with van der Waals surface area (Å²) in [6.07, 6.45) is 8.55. The summed E-state index contributed by atoms with van der Waals surface area (Å²) in [6, 6.07) is 8.04. The van der Waals surface area contributed by atoms with Gasteiger partial charge in [-0.1, -0.05) is 37.5 Å². The molecule has 3 N–H and O–H groups in total. The zero-order valence-electron chi connectivity index (χ0n) is 12.3. The molecule has 0 saturated heterocycles. The lowest BCUT2D eigenvalue weighted by molar-refractivity contribution is 0.0347. The van der Waals surface area contributed by atoms with E-state index in [9.17, 15) is 0 Å². The molecule has 0 bridgehead atoms. The molecule has 0 radical (unpaired) electrons. The van der Waals surface area contributed by atoms with E-state index in [0.29, 0.717) is 11.8 Å². The van der Waals surface area contributed by atoms with Crippen LogP contribution in [0.15, 0.2) is 30.5 Å². The zero-order chi connectivity index (χ0) is 14.5. The van der Waals surface area contributed by atoms with Gasteiger partial charge in [-0.15, -0.1) is 0 Å². The van der Waals surface area contributed by atoms with Gasteiger partial charge in [-0.3, -0.25) is 4.98 Å². The highest BCUT2D eigenvalue weighted by molar-refractivity contribution is 5.96. The first kappa shape index (κ1) is 14.1. The monoisotopic (exact) mass is 285 g/mol. The van der Waals surface area contributed by atoms with Gasteiger partial charge in [-0.25, -0.2) is 0 Å². The van der Waals surface area contributed by atoms with Crippen molar-refractivity contribution in [2.24, 2.45) is 0 Å². The number of nitrogens with one attached hydrogen (secondary N) is 1. The molecular formula is C17H23N3O. The number of nitrogens with two attached hydrogens (primary N) is 1. The maximum atomic E-state index is 6.05. The highest BCUT2D eigenvalue weighted by Gasteiger charge is 2.13. The minimum absolute atomic E-state index is 0.451. The van der Waals surface area contributed by atoms with Crippen LogP contribution in [0.4, 0.5) is 11.4 Å². The molecule has 1 aromatic heterocycles. The lowest BCUT2D eigenvalue weighted by Gasteiger charge is -2.22. The Morgan fingerprint density at radius 3 is 2.86 bits per heavy atom. The first-order chi connectivity index (χ1) is 10.3. The number of hydrogen-bond acceptors (Lipinski definition) is 4. The summed E-state index contributed by atoms with van der Waals surface area (Å²) in [7, 11) is 0. The smallest absolute Gasteiger partial charge is 0.0743 e. The largest absolute Gasteiger partial charge is 0.396 e. The Labute approximate surface area is 125 Å². The molecule has 0 aliphatic heterocycles. The van der Waals surface area contributed by atoms with Crippen molar-refractivity contribution in [2.75, 3.05) is 24.2 Å². The molecule has 2 aromatic rings. The molecule has 112 valence electrons. The summed E-state index contributed by atoms with van der Waals surface area (Å²) in [5.74, 6) is 0. The van der Waals surface area contributed by atoms with E-state index >= 15 is 0 Å². The molecule has 0 amide bonds. The van der Waals surface area contributed by atoms with Crippen LogP contribution in [0.5, 0.6) is 0 Å². The molecular weight excluding hydrogens is 262 g/mol. The van der Waals surface area contributed by atoms with Crippen molar-refractivity contribution in [3.8, 4) is 0 Å². The van der Waals surface area contributed by atoms with Crippen LogP contribution in [0, 0.1) is 0 Å². The van der Waals surface area contributed by atoms with Gasteiger partial charge in [-0.2, -0.15) is 0 Å². The fourth-order valence-electron chi connectivity index (χ4n) is 2.99. The first-order valence-corrected chi connectivity index (χ1v) is 7.83. The highest BCUT2D eigenvalue weighted by Crippen LogP contribution is 2.27. The van der Waals surface area contributed by atoms with Gasteiger partial charge in [0.25, 0.3) is 0 Å². The molecule has 4 nitrogen and oxygen atoms in total. The van der Waals surface area contributed by atoms with Gasteiger partial charge in [0.15, 0.2) is 0 Å². The Kier molecular flexibility index (Phi) is 4.55. The molecule has 1 aliphatic rings. The fraction of sp³-hybridized carbons (Fsp3) is 0.471. The lowest BCUT2D eigenvalue weighted by atomic mass is 9.98. The number of hydrogen-bond donors (Lipinski definition) is 2. The number of aromatic nitrogens is 1. The topological polar surface area (TPSA) is 60.2 Å². The molecule has 1 aliphatic carbocycles. The summed E-state index contributed by atoms with van der Waals surface area (Å²) in [4.78, 5) is 4.35. The van der Waals surface area contributed by atoms with Crippen LogP contribution in [-0.4, -0.2) is 24.2 Å². The third-order valence-electron chi connectivity index (χ3n) is 4.11. The van der Waals surface area contributed by atoms with E-state index < -0.39 is 0 Å². The van der Waals surface area contributed by atoms with Crippen LogP contribution in [0.1, 0.15) is 32.1 Å². The summed E-state index contributed by atoms with van der Waals surface area (Å²) < 4.78 is 5.94. The standard InChI is InChI=1S/C17H23N3O/c18-15-12-20-16-9-5-4-8-14(16)17(15)19-10-11-21-13-6-2-1-3-7-13/h4-5,8-9,12-13H,1-3,6-7,10-11,18H2,(H,19,20). The molecule has 0 spiro atoms. The Bertz CT molecular complexity index is 594. The molecule has 4 heteroatoms. The highest BCUT2D eigenvalue weighted by atomic mass is 16.5. The second-order valence-corrected chi connectivity index (χ2v) is 5.66. The average molecular weight is 285 g/mol. The minimum Gasteiger partial charge on any atom is -0.396 e. The third-order valence-corrected chi connectivity index (χ3v) is 4.11. The van der Waals surface area contributed by atoms with Gasteiger partial charge in [0.1, 0.15) is 0 Å². The molecule has 3 rings (SSSR count). The van der Waals surface area contributed by atoms with E-state index in [2.05, 4.69) is 10.3 Å². The Balaban J connectivity index is 1.58. The van der Waals surface area contributed by atoms with Crippen LogP contribution in [0.3, 0.4) is 0 Å². The first-order valence-electron chi connectivity index (χ1n) is 7.83. The number of anilines is 2. The zero-order valence-corrected chi connectivity index (χ0v) is 12.3. The van der Waals surface area contributed by atoms with Crippen LogP contribution in [-0.2, 0) is 4.74 Å². The van der Waals surface area contributed by atoms with Gasteiger partial charge >= 0.3 is 0 Å². The second kappa shape index (κ2) is 6.76. The van der Waals surface area contributed by atoms with Crippen LogP contribution in [0.25, 0.3) is 10.9 Å². The Morgan fingerprint density at radius 2 is 2.00 bits per heavy atom. The van der Waals surface area contributed by atoms with Crippen molar-refractivity contribution >= 4 is 22.3 Å². The number of rotatable bonds is 5. The number of fused-ring (bicyclic) bond motifs is 1. The van der Waals surface area contributed by atoms with Crippen molar-refractivity contribution in [3.05, 3.63) is 30.5 Å². The van der Waals surface area contributed by atoms with Crippen LogP contribution in [0.2, 0.25) is 0 Å². The van der Waals surface area contributed by atoms with Crippen molar-refractivity contribution in [2.45, 2.75) is 38.2 Å². The normalized spacial score (nSPS) is 16.2. The molecule has 1 heterocycles. The molecule has 1 aromatic carbocycles. The minimum atomic E-state index is 0.451. The number of para-hydroxylation sites is 1. The maximum absolute atomic E-state index is 6.05. The summed E-state index contributed by atoms with van der Waals surface area (Å²) in [6.45, 7) is 1.50. The van der Waals surface area contributed by atoms with Gasteiger partial charge in [0.2, 0.25) is 0 Å². The van der Waals surface area contributed by atoms with E-state index in [-0.39, 0.29) is 0 Å². The predicted octanol–water partition coefficient (Wildman–Crippen LogP) is 3.58. The maximum Gasteiger partial charge on any atom is 0.0743 e. The van der Waals surface area contributed by atoms with E-state index in [1.807, 2.05) is 24.3 Å². The lowest BCUT2D eigenvalue weighted by Crippen LogP contribution is -2.20. The third kappa shape index (κ3) is 3.45. The number of ether oxygens (including phenoxy) is 1. The summed E-state index contributed by atoms with van der Waals surface area (Å²) in [5.41, 5.74) is 8.66. The van der Waals surface area contributed by atoms with Gasteiger partial charge in [0, 0.05) is 11.9 Å². The molecule has 1 saturated carbocycles. The van der Waals surface area contributed by atoms with Gasteiger partial charge in [-0.05, 0) is 18.9 Å². The fourth-order valence-corrected chi connectivity index (χ4v) is 2.99. The van der Waals surface area contributed by atoms with Crippen molar-refractivity contribution in [3.63, 3.8) is 0 Å². The van der Waals surface area contributed by atoms with Gasteiger partial charge < -0.3 is 15.8 Å². The SMILES string of the molecule is Nc1cnc2ccccc2c1NCCOC1CCCCC1. The van der Waals surface area contributed by atoms with E-state index in [0.717, 1.165) is 29.7 Å². The van der Waals surface area contributed by atoms with Crippen LogP contribution < -0.4 is 11.1 Å². The van der Waals surface area contributed by atoms with Crippen molar-refractivity contribution in [1.29, 1.82) is 0 Å². The number of nitrogen functional groups attached to an aromatic ring is 1. The van der Waals surface area contributed by atoms with E-state index in [1.54, 1.807) is 6.20 Å². The van der Waals surface area contributed by atoms with Crippen molar-refractivity contribution < 1.29 is 4.74 Å². The van der Waals surface area contributed by atoms with E-state index in [1.165, 1.54) is 32.1 Å². The number of benzene rings is 1. The molecule has 0 unspecified atom stereocenters. The van der Waals surface area contributed by atoms with E-state index in [4.69, 9.17) is 10.5 Å². The van der Waals surface area contributed by atoms with Gasteiger partial charge in [0.05, 0.1) is 35.8 Å². The Morgan fingerprint density at radius 1 is 1.19 bits per heavy atom. The summed E-state index contributed by atoms with van der Waals surface area (Å²) >= 11 is 0. The summed E-state index contributed by atoms with van der Waals surface area (Å²) in [5, 5.41) is 4.47. The predicted molar refractivity (Wildman–Crippen MR) is 87.5 cm³/mol. The van der Waals surface area contributed by atoms with Crippen molar-refractivity contribution in [1.82, 2.24) is 4.98 Å².